The first kappa shape index (κ1) is 12.3. The van der Waals surface area contributed by atoms with Crippen LogP contribution in [0, 0.1) is 5.41 Å². The zero-order valence-electron chi connectivity index (χ0n) is 9.96. The van der Waals surface area contributed by atoms with Crippen molar-refractivity contribution < 1.29 is 8.42 Å². The monoisotopic (exact) mass is 246 g/mol. The molecule has 5 heteroatoms. The summed E-state index contributed by atoms with van der Waals surface area (Å²) < 4.78 is 26.8. The molecule has 0 unspecified atom stereocenters. The highest BCUT2D eigenvalue weighted by atomic mass is 32.2. The molecule has 2 aliphatic carbocycles. The third-order valence-electron chi connectivity index (χ3n) is 3.90. The van der Waals surface area contributed by atoms with Crippen molar-refractivity contribution in [3.63, 3.8) is 0 Å². The SMILES string of the molecule is CNCC1(CNS(=O)(=O)C2CCCC2)CC1. The molecular weight excluding hydrogens is 224 g/mol. The molecule has 0 aliphatic heterocycles. The number of rotatable bonds is 6. The van der Waals surface area contributed by atoms with Crippen LogP contribution in [-0.2, 0) is 10.0 Å². The van der Waals surface area contributed by atoms with Gasteiger partial charge in [-0.15, -0.1) is 0 Å². The van der Waals surface area contributed by atoms with E-state index in [4.69, 9.17) is 0 Å². The third kappa shape index (κ3) is 2.76. The molecule has 2 fully saturated rings. The molecule has 0 amide bonds. The molecule has 94 valence electrons. The smallest absolute Gasteiger partial charge is 0.214 e. The van der Waals surface area contributed by atoms with E-state index >= 15 is 0 Å². The highest BCUT2D eigenvalue weighted by molar-refractivity contribution is 7.90. The summed E-state index contributed by atoms with van der Waals surface area (Å²) in [6.45, 7) is 1.53. The first-order valence-corrected chi connectivity index (χ1v) is 7.76. The molecule has 0 heterocycles. The van der Waals surface area contributed by atoms with Gasteiger partial charge in [0.2, 0.25) is 10.0 Å². The third-order valence-corrected chi connectivity index (χ3v) is 5.79. The van der Waals surface area contributed by atoms with Crippen LogP contribution in [0.5, 0.6) is 0 Å². The van der Waals surface area contributed by atoms with Gasteiger partial charge >= 0.3 is 0 Å². The molecule has 0 saturated heterocycles. The van der Waals surface area contributed by atoms with Gasteiger partial charge in [0.15, 0.2) is 0 Å². The van der Waals surface area contributed by atoms with Gasteiger partial charge in [-0.25, -0.2) is 13.1 Å². The molecule has 0 aromatic rings. The average Bonchev–Trinajstić information content (AvgIpc) is 2.81. The van der Waals surface area contributed by atoms with Gasteiger partial charge in [-0.1, -0.05) is 12.8 Å². The van der Waals surface area contributed by atoms with Crippen LogP contribution in [0.3, 0.4) is 0 Å². The largest absolute Gasteiger partial charge is 0.319 e. The second-order valence-electron chi connectivity index (χ2n) is 5.30. The fraction of sp³-hybridized carbons (Fsp3) is 1.00. The van der Waals surface area contributed by atoms with Crippen molar-refractivity contribution in [1.29, 1.82) is 0 Å². The van der Waals surface area contributed by atoms with Crippen molar-refractivity contribution in [2.45, 2.75) is 43.8 Å². The molecule has 0 bridgehead atoms. The zero-order chi connectivity index (χ0) is 11.6. The molecule has 4 nitrogen and oxygen atoms in total. The molecule has 0 aromatic carbocycles. The van der Waals surface area contributed by atoms with Crippen LogP contribution in [0.4, 0.5) is 0 Å². The Labute approximate surface area is 98.2 Å². The van der Waals surface area contributed by atoms with Gasteiger partial charge in [0.1, 0.15) is 0 Å². The number of nitrogens with one attached hydrogen (secondary N) is 2. The maximum atomic E-state index is 12.0. The summed E-state index contributed by atoms with van der Waals surface area (Å²) in [7, 11) is -1.13. The van der Waals surface area contributed by atoms with Crippen LogP contribution in [0.15, 0.2) is 0 Å². The normalized spacial score (nSPS) is 24.8. The van der Waals surface area contributed by atoms with E-state index in [2.05, 4.69) is 10.0 Å². The summed E-state index contributed by atoms with van der Waals surface area (Å²) in [5.74, 6) is 0. The number of hydrogen-bond donors (Lipinski definition) is 2. The Morgan fingerprint density at radius 3 is 2.31 bits per heavy atom. The van der Waals surface area contributed by atoms with Crippen LogP contribution in [-0.4, -0.2) is 33.8 Å². The first-order valence-electron chi connectivity index (χ1n) is 6.21. The van der Waals surface area contributed by atoms with E-state index in [0.717, 1.165) is 45.1 Å². The summed E-state index contributed by atoms with van der Waals surface area (Å²) in [4.78, 5) is 0. The second-order valence-corrected chi connectivity index (χ2v) is 7.35. The molecule has 0 radical (unpaired) electrons. The second kappa shape index (κ2) is 4.63. The van der Waals surface area contributed by atoms with Crippen LogP contribution in [0.2, 0.25) is 0 Å². The van der Waals surface area contributed by atoms with Gasteiger partial charge < -0.3 is 5.32 Å². The minimum absolute atomic E-state index is 0.127. The van der Waals surface area contributed by atoms with E-state index < -0.39 is 10.0 Å². The van der Waals surface area contributed by atoms with Gasteiger partial charge in [0.25, 0.3) is 0 Å². The molecule has 0 spiro atoms. The Bertz CT molecular complexity index is 330. The highest BCUT2D eigenvalue weighted by Gasteiger charge is 2.43. The van der Waals surface area contributed by atoms with Crippen LogP contribution in [0.25, 0.3) is 0 Å². The van der Waals surface area contributed by atoms with E-state index in [9.17, 15) is 8.42 Å². The summed E-state index contributed by atoms with van der Waals surface area (Å²) in [5, 5.41) is 3.01. The lowest BCUT2D eigenvalue weighted by molar-refractivity contribution is 0.465. The highest BCUT2D eigenvalue weighted by Crippen LogP contribution is 2.44. The van der Waals surface area contributed by atoms with E-state index in [0.29, 0.717) is 6.54 Å². The minimum Gasteiger partial charge on any atom is -0.319 e. The van der Waals surface area contributed by atoms with Gasteiger partial charge in [-0.3, -0.25) is 0 Å². The quantitative estimate of drug-likeness (QED) is 0.730. The molecule has 0 atom stereocenters. The lowest BCUT2D eigenvalue weighted by atomic mass is 10.1. The Kier molecular flexibility index (Phi) is 3.56. The maximum absolute atomic E-state index is 12.0. The minimum atomic E-state index is -3.05. The summed E-state index contributed by atoms with van der Waals surface area (Å²) >= 11 is 0. The Morgan fingerprint density at radius 1 is 1.19 bits per heavy atom. The van der Waals surface area contributed by atoms with Crippen molar-refractivity contribution in [3.05, 3.63) is 0 Å². The predicted molar refractivity (Wildman–Crippen MR) is 64.8 cm³/mol. The average molecular weight is 246 g/mol. The summed E-state index contributed by atoms with van der Waals surface area (Å²) in [6.07, 6.45) is 6.09. The summed E-state index contributed by atoms with van der Waals surface area (Å²) in [6, 6.07) is 0. The lowest BCUT2D eigenvalue weighted by Crippen LogP contribution is -2.39. The molecule has 2 saturated carbocycles. The van der Waals surface area contributed by atoms with Crippen molar-refractivity contribution in [2.24, 2.45) is 5.41 Å². The standard InChI is InChI=1S/C11H22N2O2S/c1-12-8-11(6-7-11)9-13-16(14,15)10-4-2-3-5-10/h10,12-13H,2-9H2,1H3. The molecule has 2 N–H and O–H groups in total. The Morgan fingerprint density at radius 2 is 1.81 bits per heavy atom. The topological polar surface area (TPSA) is 58.2 Å². The Balaban J connectivity index is 1.84. The molecule has 16 heavy (non-hydrogen) atoms. The fourth-order valence-electron chi connectivity index (χ4n) is 2.54. The predicted octanol–water partition coefficient (Wildman–Crippen LogP) is 0.848. The number of sulfonamides is 1. The molecule has 2 rings (SSSR count). The lowest BCUT2D eigenvalue weighted by Gasteiger charge is -2.18. The van der Waals surface area contributed by atoms with Gasteiger partial charge in [-0.05, 0) is 38.1 Å². The van der Waals surface area contributed by atoms with E-state index in [1.165, 1.54) is 0 Å². The maximum Gasteiger partial charge on any atom is 0.214 e. The van der Waals surface area contributed by atoms with Gasteiger partial charge in [0, 0.05) is 13.1 Å². The molecular formula is C11H22N2O2S. The van der Waals surface area contributed by atoms with E-state index in [1.807, 2.05) is 7.05 Å². The van der Waals surface area contributed by atoms with Gasteiger partial charge in [0.05, 0.1) is 5.25 Å². The van der Waals surface area contributed by atoms with Crippen molar-refractivity contribution in [2.75, 3.05) is 20.1 Å². The van der Waals surface area contributed by atoms with Crippen molar-refractivity contribution in [3.8, 4) is 0 Å². The van der Waals surface area contributed by atoms with E-state index in [1.54, 1.807) is 0 Å². The van der Waals surface area contributed by atoms with Crippen molar-refractivity contribution >= 4 is 10.0 Å². The van der Waals surface area contributed by atoms with E-state index in [-0.39, 0.29) is 10.7 Å². The van der Waals surface area contributed by atoms with Crippen LogP contribution < -0.4 is 10.0 Å². The number of hydrogen-bond acceptors (Lipinski definition) is 3. The van der Waals surface area contributed by atoms with Crippen LogP contribution in [0.1, 0.15) is 38.5 Å². The first-order chi connectivity index (χ1) is 7.58. The van der Waals surface area contributed by atoms with Gasteiger partial charge in [-0.2, -0.15) is 0 Å². The molecule has 2 aliphatic rings. The van der Waals surface area contributed by atoms with Crippen LogP contribution >= 0.6 is 0 Å². The Hall–Kier alpha value is -0.130. The summed E-state index contributed by atoms with van der Waals surface area (Å²) in [5.41, 5.74) is 0.209. The molecule has 0 aromatic heterocycles. The zero-order valence-corrected chi connectivity index (χ0v) is 10.8. The fourth-order valence-corrected chi connectivity index (χ4v) is 4.24. The van der Waals surface area contributed by atoms with Crippen molar-refractivity contribution in [1.82, 2.24) is 10.0 Å².